The molecule has 1 atom stereocenters. The summed E-state index contributed by atoms with van der Waals surface area (Å²) in [6.07, 6.45) is 8.23. The van der Waals surface area contributed by atoms with Crippen LogP contribution in [0.5, 0.6) is 0 Å². The maximum atomic E-state index is 13.4. The number of ether oxygens (including phenoxy) is 1. The van der Waals surface area contributed by atoms with Crippen molar-refractivity contribution in [3.63, 3.8) is 0 Å². The summed E-state index contributed by atoms with van der Waals surface area (Å²) in [5.74, 6) is 0.919. The number of benzene rings is 2. The van der Waals surface area contributed by atoms with Gasteiger partial charge in [-0.15, -0.1) is 6.42 Å². The zero-order valence-electron chi connectivity index (χ0n) is 19.5. The van der Waals surface area contributed by atoms with Gasteiger partial charge in [-0.2, -0.15) is 0 Å². The molecule has 35 heavy (non-hydrogen) atoms. The van der Waals surface area contributed by atoms with E-state index in [1.807, 2.05) is 24.3 Å². The monoisotopic (exact) mass is 472 g/mol. The first-order valence-corrected chi connectivity index (χ1v) is 11.9. The number of amides is 2. The van der Waals surface area contributed by atoms with E-state index in [2.05, 4.69) is 35.5 Å². The first kappa shape index (κ1) is 23.0. The molecule has 5 rings (SSSR count). The highest BCUT2D eigenvalue weighted by atomic mass is 16.5. The summed E-state index contributed by atoms with van der Waals surface area (Å²) >= 11 is 0. The Morgan fingerprint density at radius 2 is 1.71 bits per heavy atom. The Hall–Kier alpha value is -3.79. The van der Waals surface area contributed by atoms with Crippen molar-refractivity contribution in [1.82, 2.24) is 10.2 Å². The Kier molecular flexibility index (Phi) is 5.76. The standard InChI is InChI=1S/C28H28N2O5/c1-2-14-30(15-24(31)32)25(33)28(17-27(28)12-7-13-27)18-29-26(34)35-16-23-21-10-5-3-8-19(21)20-9-4-6-11-22(20)23/h1,3-6,8-11,23H,7,12-18H2,(H,29,34)(H,31,32). The molecule has 0 bridgehead atoms. The molecule has 0 radical (unpaired) electrons. The van der Waals surface area contributed by atoms with Crippen molar-refractivity contribution in [3.05, 3.63) is 59.7 Å². The highest BCUT2D eigenvalue weighted by molar-refractivity contribution is 5.91. The summed E-state index contributed by atoms with van der Waals surface area (Å²) in [6.45, 7) is -0.225. The van der Waals surface area contributed by atoms with E-state index in [9.17, 15) is 19.5 Å². The number of fused-ring (bicyclic) bond motifs is 3. The van der Waals surface area contributed by atoms with Crippen LogP contribution in [0.2, 0.25) is 0 Å². The Morgan fingerprint density at radius 3 is 2.23 bits per heavy atom. The van der Waals surface area contributed by atoms with E-state index in [1.54, 1.807) is 0 Å². The normalized spacial score (nSPS) is 20.7. The number of alkyl carbamates (subject to hydrolysis) is 1. The van der Waals surface area contributed by atoms with Gasteiger partial charge in [0.25, 0.3) is 0 Å². The lowest BCUT2D eigenvalue weighted by atomic mass is 9.74. The fraction of sp³-hybridized carbons (Fsp3) is 0.393. The van der Waals surface area contributed by atoms with Gasteiger partial charge >= 0.3 is 12.1 Å². The Balaban J connectivity index is 1.25. The van der Waals surface area contributed by atoms with Crippen molar-refractivity contribution < 1.29 is 24.2 Å². The van der Waals surface area contributed by atoms with Crippen LogP contribution in [-0.2, 0) is 14.3 Å². The number of carbonyl (C=O) groups excluding carboxylic acids is 2. The molecule has 3 aliphatic carbocycles. The molecular formula is C28H28N2O5. The molecule has 0 heterocycles. The number of aliphatic carboxylic acids is 1. The van der Waals surface area contributed by atoms with Gasteiger partial charge in [0, 0.05) is 12.5 Å². The van der Waals surface area contributed by atoms with E-state index in [0.717, 1.165) is 41.5 Å². The number of carboxylic acids is 1. The van der Waals surface area contributed by atoms with Gasteiger partial charge in [-0.05, 0) is 46.9 Å². The molecule has 180 valence electrons. The second kappa shape index (κ2) is 8.77. The first-order valence-electron chi connectivity index (χ1n) is 11.9. The highest BCUT2D eigenvalue weighted by Gasteiger charge is 2.74. The van der Waals surface area contributed by atoms with Crippen LogP contribution in [0.3, 0.4) is 0 Å². The van der Waals surface area contributed by atoms with Crippen molar-refractivity contribution in [3.8, 4) is 23.5 Å². The lowest BCUT2D eigenvalue weighted by Gasteiger charge is -2.34. The van der Waals surface area contributed by atoms with Crippen molar-refractivity contribution in [2.24, 2.45) is 10.8 Å². The predicted molar refractivity (Wildman–Crippen MR) is 129 cm³/mol. The number of hydrogen-bond donors (Lipinski definition) is 2. The number of carbonyl (C=O) groups is 3. The van der Waals surface area contributed by atoms with E-state index in [4.69, 9.17) is 11.2 Å². The molecule has 0 aromatic heterocycles. The number of nitrogens with one attached hydrogen (secondary N) is 1. The number of terminal acetylenes is 1. The maximum absolute atomic E-state index is 13.4. The van der Waals surface area contributed by atoms with Gasteiger partial charge in [0.2, 0.25) is 5.91 Å². The maximum Gasteiger partial charge on any atom is 0.407 e. The fourth-order valence-corrected chi connectivity index (χ4v) is 6.07. The van der Waals surface area contributed by atoms with E-state index in [1.165, 1.54) is 4.90 Å². The van der Waals surface area contributed by atoms with Crippen molar-refractivity contribution in [2.45, 2.75) is 31.6 Å². The third-order valence-corrected chi connectivity index (χ3v) is 8.02. The molecule has 1 spiro atoms. The molecular weight excluding hydrogens is 444 g/mol. The van der Waals surface area contributed by atoms with Crippen LogP contribution in [-0.4, -0.2) is 54.2 Å². The van der Waals surface area contributed by atoms with Gasteiger partial charge in [-0.25, -0.2) is 4.79 Å². The molecule has 2 N–H and O–H groups in total. The van der Waals surface area contributed by atoms with Crippen molar-refractivity contribution in [2.75, 3.05) is 26.2 Å². The number of rotatable bonds is 8. The van der Waals surface area contributed by atoms with Crippen LogP contribution >= 0.6 is 0 Å². The fourth-order valence-electron chi connectivity index (χ4n) is 6.07. The molecule has 2 saturated carbocycles. The average molecular weight is 473 g/mol. The third kappa shape index (κ3) is 3.83. The third-order valence-electron chi connectivity index (χ3n) is 8.02. The Labute approximate surface area is 204 Å². The Morgan fingerprint density at radius 1 is 1.09 bits per heavy atom. The van der Waals surface area contributed by atoms with Crippen LogP contribution in [0.25, 0.3) is 11.1 Å². The van der Waals surface area contributed by atoms with Crippen LogP contribution in [0, 0.1) is 23.2 Å². The van der Waals surface area contributed by atoms with Crippen LogP contribution in [0.1, 0.15) is 42.7 Å². The van der Waals surface area contributed by atoms with Gasteiger partial charge in [0.05, 0.1) is 12.0 Å². The minimum Gasteiger partial charge on any atom is -0.480 e. The van der Waals surface area contributed by atoms with Gasteiger partial charge in [0.1, 0.15) is 13.2 Å². The van der Waals surface area contributed by atoms with E-state index >= 15 is 0 Å². The van der Waals surface area contributed by atoms with E-state index in [0.29, 0.717) is 6.42 Å². The topological polar surface area (TPSA) is 95.9 Å². The highest BCUT2D eigenvalue weighted by Crippen LogP contribution is 2.74. The molecule has 2 aromatic rings. The minimum atomic E-state index is -1.11. The average Bonchev–Trinajstić information content (AvgIpc) is 3.44. The quantitative estimate of drug-likeness (QED) is 0.572. The molecule has 2 aromatic carbocycles. The van der Waals surface area contributed by atoms with Crippen LogP contribution < -0.4 is 5.32 Å². The van der Waals surface area contributed by atoms with E-state index in [-0.39, 0.29) is 36.9 Å². The minimum absolute atomic E-state index is 0.0515. The zero-order chi connectivity index (χ0) is 24.6. The largest absolute Gasteiger partial charge is 0.480 e. The molecule has 0 aliphatic heterocycles. The summed E-state index contributed by atoms with van der Waals surface area (Å²) < 4.78 is 5.63. The smallest absolute Gasteiger partial charge is 0.407 e. The second-order valence-corrected chi connectivity index (χ2v) is 9.83. The number of nitrogens with zero attached hydrogens (tertiary/aromatic N) is 1. The molecule has 0 saturated heterocycles. The Bertz CT molecular complexity index is 1180. The molecule has 3 aliphatic rings. The molecule has 1 unspecified atom stereocenters. The molecule has 2 fully saturated rings. The SMILES string of the molecule is C#CCN(CC(=O)O)C(=O)C1(CNC(=O)OCC2c3ccccc3-c3ccccc32)CC12CCC2. The van der Waals surface area contributed by atoms with E-state index < -0.39 is 24.0 Å². The summed E-state index contributed by atoms with van der Waals surface area (Å²) in [5, 5.41) is 12.0. The molecule has 2 amide bonds. The van der Waals surface area contributed by atoms with Crippen LogP contribution in [0.4, 0.5) is 4.79 Å². The van der Waals surface area contributed by atoms with Gasteiger partial charge in [-0.3, -0.25) is 9.59 Å². The number of hydrogen-bond acceptors (Lipinski definition) is 4. The van der Waals surface area contributed by atoms with Crippen LogP contribution in [0.15, 0.2) is 48.5 Å². The van der Waals surface area contributed by atoms with Gasteiger partial charge in [0.15, 0.2) is 0 Å². The summed E-state index contributed by atoms with van der Waals surface area (Å²) in [4.78, 5) is 38.6. The number of carboxylic acid groups (broad SMARTS) is 1. The lowest BCUT2D eigenvalue weighted by Crippen LogP contribution is -2.48. The molecule has 7 heteroatoms. The predicted octanol–water partition coefficient (Wildman–Crippen LogP) is 3.63. The van der Waals surface area contributed by atoms with Crippen molar-refractivity contribution >= 4 is 18.0 Å². The zero-order valence-corrected chi connectivity index (χ0v) is 19.5. The second-order valence-electron chi connectivity index (χ2n) is 9.83. The van der Waals surface area contributed by atoms with Gasteiger partial charge in [-0.1, -0.05) is 60.9 Å². The first-order chi connectivity index (χ1) is 16.9. The summed E-state index contributed by atoms with van der Waals surface area (Å²) in [5.41, 5.74) is 3.57. The van der Waals surface area contributed by atoms with Crippen molar-refractivity contribution in [1.29, 1.82) is 0 Å². The van der Waals surface area contributed by atoms with Gasteiger partial charge < -0.3 is 20.1 Å². The summed E-state index contributed by atoms with van der Waals surface area (Å²) in [6, 6.07) is 16.2. The molecule has 7 nitrogen and oxygen atoms in total. The lowest BCUT2D eigenvalue weighted by molar-refractivity contribution is -0.147. The summed E-state index contributed by atoms with van der Waals surface area (Å²) in [7, 11) is 0.